The zero-order valence-electron chi connectivity index (χ0n) is 12.4. The fourth-order valence-corrected chi connectivity index (χ4v) is 1.61. The Balaban J connectivity index is 0.00000400. The lowest BCUT2D eigenvalue weighted by molar-refractivity contribution is 0.1000. The number of nitrogens with two attached hydrogens (primary N) is 1. The van der Waals surface area contributed by atoms with Crippen molar-refractivity contribution < 1.29 is 9.53 Å². The van der Waals surface area contributed by atoms with Gasteiger partial charge in [0.1, 0.15) is 0 Å². The molecule has 21 heavy (non-hydrogen) atoms. The second-order valence-corrected chi connectivity index (χ2v) is 4.18. The zero-order valence-corrected chi connectivity index (χ0v) is 14.7. The third-order valence-corrected chi connectivity index (χ3v) is 2.57. The fourth-order valence-electron chi connectivity index (χ4n) is 1.61. The standard InChI is InChI=1S/C14H22N4O2.HI/c1-3-16-14(17-7-8-20-2)18-10-11-5-4-6-12(9-11)13(15)19;/h4-6,9H,3,7-8,10H2,1-2H3,(H2,15,19)(H2,16,17,18);1H. The van der Waals surface area contributed by atoms with Crippen LogP contribution in [0.25, 0.3) is 0 Å². The molecule has 0 aliphatic carbocycles. The summed E-state index contributed by atoms with van der Waals surface area (Å²) in [7, 11) is 1.65. The van der Waals surface area contributed by atoms with Gasteiger partial charge < -0.3 is 21.1 Å². The van der Waals surface area contributed by atoms with Crippen molar-refractivity contribution in [2.75, 3.05) is 26.8 Å². The monoisotopic (exact) mass is 406 g/mol. The first-order chi connectivity index (χ1) is 9.67. The Bertz CT molecular complexity index is 466. The number of primary amides is 1. The summed E-state index contributed by atoms with van der Waals surface area (Å²) < 4.78 is 4.98. The minimum Gasteiger partial charge on any atom is -0.383 e. The van der Waals surface area contributed by atoms with E-state index in [4.69, 9.17) is 10.5 Å². The molecule has 4 N–H and O–H groups in total. The van der Waals surface area contributed by atoms with Gasteiger partial charge in [-0.3, -0.25) is 4.79 Å². The molecule has 1 rings (SSSR count). The topological polar surface area (TPSA) is 88.7 Å². The Hall–Kier alpha value is -1.35. The number of rotatable bonds is 7. The summed E-state index contributed by atoms with van der Waals surface area (Å²) in [5.41, 5.74) is 6.68. The smallest absolute Gasteiger partial charge is 0.248 e. The molecule has 0 unspecified atom stereocenters. The molecule has 0 aromatic heterocycles. The third-order valence-electron chi connectivity index (χ3n) is 2.57. The molecule has 0 aliphatic heterocycles. The number of hydrogen-bond acceptors (Lipinski definition) is 3. The minimum absolute atomic E-state index is 0. The van der Waals surface area contributed by atoms with Crippen LogP contribution in [-0.4, -0.2) is 38.7 Å². The summed E-state index contributed by atoms with van der Waals surface area (Å²) in [5, 5.41) is 6.29. The average Bonchev–Trinajstić information content (AvgIpc) is 2.45. The first-order valence-electron chi connectivity index (χ1n) is 6.57. The van der Waals surface area contributed by atoms with Gasteiger partial charge >= 0.3 is 0 Å². The van der Waals surface area contributed by atoms with E-state index in [1.165, 1.54) is 0 Å². The van der Waals surface area contributed by atoms with Crippen LogP contribution in [0.4, 0.5) is 0 Å². The number of guanidine groups is 1. The molecule has 0 saturated carbocycles. The van der Waals surface area contributed by atoms with Gasteiger partial charge in [0.2, 0.25) is 5.91 Å². The lowest BCUT2D eigenvalue weighted by Gasteiger charge is -2.10. The maximum Gasteiger partial charge on any atom is 0.248 e. The Labute approximate surface area is 142 Å². The number of nitrogens with zero attached hydrogens (tertiary/aromatic N) is 1. The van der Waals surface area contributed by atoms with Crippen molar-refractivity contribution in [3.05, 3.63) is 35.4 Å². The van der Waals surface area contributed by atoms with E-state index in [9.17, 15) is 4.79 Å². The summed E-state index contributed by atoms with van der Waals surface area (Å²) in [4.78, 5) is 15.6. The first-order valence-corrected chi connectivity index (χ1v) is 6.57. The highest BCUT2D eigenvalue weighted by Gasteiger charge is 2.01. The molecule has 0 heterocycles. The summed E-state index contributed by atoms with van der Waals surface area (Å²) in [6, 6.07) is 7.16. The molecule has 1 amide bonds. The molecular formula is C14H23IN4O2. The van der Waals surface area contributed by atoms with Gasteiger partial charge in [0, 0.05) is 25.8 Å². The first kappa shape index (κ1) is 19.7. The number of aliphatic imine (C=N–C) groups is 1. The van der Waals surface area contributed by atoms with Crippen molar-refractivity contribution in [2.24, 2.45) is 10.7 Å². The van der Waals surface area contributed by atoms with Gasteiger partial charge in [0.05, 0.1) is 13.2 Å². The molecule has 1 aromatic carbocycles. The fraction of sp³-hybridized carbons (Fsp3) is 0.429. The quantitative estimate of drug-likeness (QED) is 0.274. The van der Waals surface area contributed by atoms with Crippen LogP contribution in [0.3, 0.4) is 0 Å². The van der Waals surface area contributed by atoms with Crippen molar-refractivity contribution in [1.82, 2.24) is 10.6 Å². The van der Waals surface area contributed by atoms with E-state index in [1.807, 2.05) is 13.0 Å². The van der Waals surface area contributed by atoms with Crippen LogP contribution in [0.1, 0.15) is 22.8 Å². The van der Waals surface area contributed by atoms with Crippen LogP contribution in [0.5, 0.6) is 0 Å². The highest BCUT2D eigenvalue weighted by Crippen LogP contribution is 2.05. The van der Waals surface area contributed by atoms with E-state index >= 15 is 0 Å². The molecule has 0 bridgehead atoms. The number of methoxy groups -OCH3 is 1. The van der Waals surface area contributed by atoms with Crippen LogP contribution in [0, 0.1) is 0 Å². The zero-order chi connectivity index (χ0) is 14.8. The van der Waals surface area contributed by atoms with Gasteiger partial charge in [-0.15, -0.1) is 24.0 Å². The van der Waals surface area contributed by atoms with E-state index in [-0.39, 0.29) is 24.0 Å². The molecule has 0 saturated heterocycles. The molecule has 0 spiro atoms. The van der Waals surface area contributed by atoms with Gasteiger partial charge in [0.15, 0.2) is 5.96 Å². The van der Waals surface area contributed by atoms with Crippen LogP contribution in [0.2, 0.25) is 0 Å². The second-order valence-electron chi connectivity index (χ2n) is 4.18. The number of benzene rings is 1. The average molecular weight is 406 g/mol. The van der Waals surface area contributed by atoms with Crippen molar-refractivity contribution in [2.45, 2.75) is 13.5 Å². The van der Waals surface area contributed by atoms with Crippen LogP contribution >= 0.6 is 24.0 Å². The predicted molar refractivity (Wildman–Crippen MR) is 95.1 cm³/mol. The lowest BCUT2D eigenvalue weighted by atomic mass is 10.1. The van der Waals surface area contributed by atoms with E-state index in [2.05, 4.69) is 15.6 Å². The summed E-state index contributed by atoms with van der Waals surface area (Å²) in [6.45, 7) is 4.55. The molecule has 1 aromatic rings. The normalized spacial score (nSPS) is 10.7. The number of hydrogen-bond donors (Lipinski definition) is 3. The van der Waals surface area contributed by atoms with Gasteiger partial charge in [-0.1, -0.05) is 12.1 Å². The molecule has 0 radical (unpaired) electrons. The van der Waals surface area contributed by atoms with Crippen molar-refractivity contribution in [3.63, 3.8) is 0 Å². The van der Waals surface area contributed by atoms with E-state index < -0.39 is 5.91 Å². The number of halogens is 1. The molecule has 0 fully saturated rings. The van der Waals surface area contributed by atoms with Crippen LogP contribution in [0.15, 0.2) is 29.3 Å². The highest BCUT2D eigenvalue weighted by molar-refractivity contribution is 14.0. The number of nitrogens with one attached hydrogen (secondary N) is 2. The summed E-state index contributed by atoms with van der Waals surface area (Å²) in [5.74, 6) is 0.287. The molecule has 6 nitrogen and oxygen atoms in total. The van der Waals surface area contributed by atoms with Gasteiger partial charge in [-0.25, -0.2) is 4.99 Å². The lowest BCUT2D eigenvalue weighted by Crippen LogP contribution is -2.38. The Morgan fingerprint density at radius 2 is 2.14 bits per heavy atom. The molecule has 0 aliphatic rings. The Kier molecular flexibility index (Phi) is 10.6. The summed E-state index contributed by atoms with van der Waals surface area (Å²) in [6.07, 6.45) is 0. The summed E-state index contributed by atoms with van der Waals surface area (Å²) >= 11 is 0. The number of carbonyl (C=O) groups is 1. The van der Waals surface area contributed by atoms with Gasteiger partial charge in [-0.05, 0) is 24.6 Å². The van der Waals surface area contributed by atoms with Crippen molar-refractivity contribution in [1.29, 1.82) is 0 Å². The SMILES string of the molecule is CCNC(=NCc1cccc(C(N)=O)c1)NCCOC.I. The van der Waals surface area contributed by atoms with Crippen LogP contribution in [-0.2, 0) is 11.3 Å². The predicted octanol–water partition coefficient (Wildman–Crippen LogP) is 1.11. The van der Waals surface area contributed by atoms with Gasteiger partial charge in [0.25, 0.3) is 0 Å². The van der Waals surface area contributed by atoms with E-state index in [0.29, 0.717) is 31.2 Å². The highest BCUT2D eigenvalue weighted by atomic mass is 127. The molecule has 0 atom stereocenters. The Morgan fingerprint density at radius 1 is 1.38 bits per heavy atom. The van der Waals surface area contributed by atoms with Crippen molar-refractivity contribution >= 4 is 35.8 Å². The molecular weight excluding hydrogens is 383 g/mol. The number of carbonyl (C=O) groups excluding carboxylic acids is 1. The van der Waals surface area contributed by atoms with Gasteiger partial charge in [-0.2, -0.15) is 0 Å². The maximum atomic E-state index is 11.1. The largest absolute Gasteiger partial charge is 0.383 e. The van der Waals surface area contributed by atoms with E-state index in [0.717, 1.165) is 12.1 Å². The third kappa shape index (κ3) is 7.86. The maximum absolute atomic E-state index is 11.1. The van der Waals surface area contributed by atoms with E-state index in [1.54, 1.807) is 25.3 Å². The second kappa shape index (κ2) is 11.3. The Morgan fingerprint density at radius 3 is 2.76 bits per heavy atom. The minimum atomic E-state index is -0.430. The number of amides is 1. The van der Waals surface area contributed by atoms with Crippen LogP contribution < -0.4 is 16.4 Å². The molecule has 118 valence electrons. The number of ether oxygens (including phenoxy) is 1. The van der Waals surface area contributed by atoms with Crippen molar-refractivity contribution in [3.8, 4) is 0 Å². The molecule has 7 heteroatoms.